The number of fused-ring (bicyclic) bond motifs is 1. The second kappa shape index (κ2) is 8.96. The number of likely N-dealkylation sites (tertiary alicyclic amines) is 1. The molecule has 1 amide bonds. The molecule has 2 aromatic carbocycles. The second-order valence-corrected chi connectivity index (χ2v) is 9.55. The molecule has 3 heterocycles. The van der Waals surface area contributed by atoms with Crippen molar-refractivity contribution in [2.75, 3.05) is 18.4 Å². The number of benzene rings is 2. The lowest BCUT2D eigenvalue weighted by molar-refractivity contribution is -0.118. The summed E-state index contributed by atoms with van der Waals surface area (Å²) in [6.07, 6.45) is 3.16. The zero-order valence-electron chi connectivity index (χ0n) is 18.8. The summed E-state index contributed by atoms with van der Waals surface area (Å²) < 4.78 is 4.53. The van der Waals surface area contributed by atoms with Crippen molar-refractivity contribution in [3.63, 3.8) is 0 Å². The maximum atomic E-state index is 13.1. The molecule has 5 rings (SSSR count). The number of nitrogens with zero attached hydrogens (tertiary/aromatic N) is 4. The van der Waals surface area contributed by atoms with Crippen LogP contribution in [0.25, 0.3) is 15.9 Å². The molecule has 1 saturated heterocycles. The molecule has 33 heavy (non-hydrogen) atoms. The van der Waals surface area contributed by atoms with Crippen molar-refractivity contribution < 1.29 is 4.79 Å². The summed E-state index contributed by atoms with van der Waals surface area (Å²) in [6, 6.07) is 17.7. The smallest absolute Gasteiger partial charge is 0.295 e. The van der Waals surface area contributed by atoms with Crippen LogP contribution >= 0.6 is 11.3 Å². The van der Waals surface area contributed by atoms with E-state index in [9.17, 15) is 9.59 Å². The summed E-state index contributed by atoms with van der Waals surface area (Å²) in [7, 11) is 1.83. The topological polar surface area (TPSA) is 72.2 Å². The molecule has 0 aliphatic carbocycles. The number of piperidine rings is 1. The Kier molecular flexibility index (Phi) is 5.86. The molecule has 0 unspecified atom stereocenters. The van der Waals surface area contributed by atoms with Crippen LogP contribution in [0.5, 0.6) is 0 Å². The molecule has 170 valence electrons. The Balaban J connectivity index is 1.36. The first-order valence-electron chi connectivity index (χ1n) is 11.3. The third kappa shape index (κ3) is 4.12. The van der Waals surface area contributed by atoms with Gasteiger partial charge in [-0.1, -0.05) is 36.8 Å². The van der Waals surface area contributed by atoms with Gasteiger partial charge in [0.05, 0.1) is 34.2 Å². The highest BCUT2D eigenvalue weighted by Gasteiger charge is 2.29. The Morgan fingerprint density at radius 3 is 2.67 bits per heavy atom. The molecule has 8 heteroatoms. The Morgan fingerprint density at radius 1 is 1.12 bits per heavy atom. The average molecular weight is 462 g/mol. The van der Waals surface area contributed by atoms with Gasteiger partial charge in [0, 0.05) is 7.05 Å². The number of carbonyl (C=O) groups excluding carboxylic acids is 1. The molecule has 1 atom stereocenters. The number of carbonyl (C=O) groups is 1. The van der Waals surface area contributed by atoms with Crippen molar-refractivity contribution in [2.45, 2.75) is 32.2 Å². The molecule has 0 bridgehead atoms. The lowest BCUT2D eigenvalue weighted by Crippen LogP contribution is -2.39. The largest absolute Gasteiger partial charge is 0.319 e. The molecular formula is C25H27N5O2S. The molecule has 0 saturated carbocycles. The van der Waals surface area contributed by atoms with Gasteiger partial charge in [0.2, 0.25) is 5.91 Å². The third-order valence-electron chi connectivity index (χ3n) is 6.37. The van der Waals surface area contributed by atoms with Crippen LogP contribution in [0, 0.1) is 6.92 Å². The van der Waals surface area contributed by atoms with E-state index in [2.05, 4.69) is 16.3 Å². The van der Waals surface area contributed by atoms with Gasteiger partial charge in [-0.3, -0.25) is 19.2 Å². The standard InChI is InChI=1S/C25H27N5O2S/c1-17-23(25(32)30(28(17)2)18-10-4-3-5-11-18)27-22(31)16-29-15-9-8-13-20(29)24-26-19-12-6-7-14-21(19)33-24/h3-7,10-12,14,20H,8-9,13,15-16H2,1-2H3,(H,27,31)/t20-/m1/s1. The van der Waals surface area contributed by atoms with Crippen LogP contribution in [-0.2, 0) is 11.8 Å². The number of thiazole rings is 1. The van der Waals surface area contributed by atoms with Crippen molar-refractivity contribution in [2.24, 2.45) is 7.05 Å². The lowest BCUT2D eigenvalue weighted by Gasteiger charge is -2.33. The fourth-order valence-corrected chi connectivity index (χ4v) is 5.71. The molecule has 0 radical (unpaired) electrons. The van der Waals surface area contributed by atoms with Gasteiger partial charge in [-0.2, -0.15) is 0 Å². The molecule has 1 fully saturated rings. The van der Waals surface area contributed by atoms with Gasteiger partial charge in [-0.05, 0) is 50.6 Å². The van der Waals surface area contributed by atoms with E-state index in [4.69, 9.17) is 4.98 Å². The highest BCUT2D eigenvalue weighted by atomic mass is 32.1. The highest BCUT2D eigenvalue weighted by Crippen LogP contribution is 2.35. The predicted octanol–water partition coefficient (Wildman–Crippen LogP) is 4.26. The molecule has 1 N–H and O–H groups in total. The van der Waals surface area contributed by atoms with Crippen LogP contribution in [0.4, 0.5) is 5.69 Å². The average Bonchev–Trinajstić information content (AvgIpc) is 3.35. The molecule has 2 aromatic heterocycles. The second-order valence-electron chi connectivity index (χ2n) is 8.49. The zero-order valence-corrected chi connectivity index (χ0v) is 19.6. The summed E-state index contributed by atoms with van der Waals surface area (Å²) in [5.41, 5.74) is 2.60. The Morgan fingerprint density at radius 2 is 1.88 bits per heavy atom. The molecule has 1 aliphatic rings. The lowest BCUT2D eigenvalue weighted by atomic mass is 10.0. The first-order valence-corrected chi connectivity index (χ1v) is 12.1. The number of para-hydroxylation sites is 2. The molecular weight excluding hydrogens is 434 g/mol. The van der Waals surface area contributed by atoms with Gasteiger partial charge in [0.1, 0.15) is 10.7 Å². The van der Waals surface area contributed by atoms with E-state index in [1.165, 1.54) is 4.70 Å². The normalized spacial score (nSPS) is 16.8. The van der Waals surface area contributed by atoms with Crippen molar-refractivity contribution >= 4 is 33.1 Å². The predicted molar refractivity (Wildman–Crippen MR) is 132 cm³/mol. The number of anilines is 1. The van der Waals surface area contributed by atoms with E-state index >= 15 is 0 Å². The third-order valence-corrected chi connectivity index (χ3v) is 7.51. The summed E-state index contributed by atoms with van der Waals surface area (Å²) in [5, 5.41) is 3.96. The van der Waals surface area contributed by atoms with Gasteiger partial charge < -0.3 is 5.32 Å². The minimum absolute atomic E-state index is 0.125. The van der Waals surface area contributed by atoms with E-state index in [0.717, 1.165) is 47.7 Å². The Hall–Kier alpha value is -3.23. The SMILES string of the molecule is Cc1c(NC(=O)CN2CCCC[C@@H]2c2nc3ccccc3s2)c(=O)n(-c2ccccc2)n1C. The zero-order chi connectivity index (χ0) is 22.9. The fourth-order valence-electron chi connectivity index (χ4n) is 4.57. The summed E-state index contributed by atoms with van der Waals surface area (Å²) in [4.78, 5) is 33.2. The highest BCUT2D eigenvalue weighted by molar-refractivity contribution is 7.18. The Labute approximate surface area is 196 Å². The van der Waals surface area contributed by atoms with E-state index < -0.39 is 0 Å². The molecule has 1 aliphatic heterocycles. The summed E-state index contributed by atoms with van der Waals surface area (Å²) in [5.74, 6) is -0.172. The van der Waals surface area contributed by atoms with Gasteiger partial charge >= 0.3 is 0 Å². The number of amides is 1. The number of rotatable bonds is 5. The van der Waals surface area contributed by atoms with Crippen LogP contribution in [0.1, 0.15) is 36.0 Å². The number of hydrogen-bond acceptors (Lipinski definition) is 5. The van der Waals surface area contributed by atoms with E-state index in [1.807, 2.05) is 62.5 Å². The molecule has 4 aromatic rings. The number of hydrogen-bond donors (Lipinski definition) is 1. The quantitative estimate of drug-likeness (QED) is 0.482. The summed E-state index contributed by atoms with van der Waals surface area (Å²) >= 11 is 1.71. The number of aromatic nitrogens is 3. The van der Waals surface area contributed by atoms with Crippen molar-refractivity contribution in [1.82, 2.24) is 19.2 Å². The first kappa shape index (κ1) is 21.6. The van der Waals surface area contributed by atoms with Gasteiger partial charge in [0.25, 0.3) is 5.56 Å². The van der Waals surface area contributed by atoms with Crippen LogP contribution in [-0.4, -0.2) is 38.2 Å². The maximum Gasteiger partial charge on any atom is 0.295 e. The molecule has 0 spiro atoms. The van der Waals surface area contributed by atoms with Crippen molar-refractivity contribution in [3.05, 3.63) is 75.7 Å². The van der Waals surface area contributed by atoms with Crippen LogP contribution in [0.15, 0.2) is 59.4 Å². The van der Waals surface area contributed by atoms with Gasteiger partial charge in [0.15, 0.2) is 0 Å². The van der Waals surface area contributed by atoms with Crippen molar-refractivity contribution in [1.29, 1.82) is 0 Å². The first-order chi connectivity index (χ1) is 16.0. The van der Waals surface area contributed by atoms with Gasteiger partial charge in [-0.25, -0.2) is 9.67 Å². The fraction of sp³-hybridized carbons (Fsp3) is 0.320. The number of nitrogens with one attached hydrogen (secondary N) is 1. The minimum atomic E-state index is -0.226. The van der Waals surface area contributed by atoms with Crippen LogP contribution < -0.4 is 10.9 Å². The van der Waals surface area contributed by atoms with E-state index in [1.54, 1.807) is 20.7 Å². The Bertz CT molecular complexity index is 1320. The van der Waals surface area contributed by atoms with Crippen LogP contribution in [0.3, 0.4) is 0 Å². The van der Waals surface area contributed by atoms with E-state index in [-0.39, 0.29) is 24.1 Å². The van der Waals surface area contributed by atoms with E-state index in [0.29, 0.717) is 5.69 Å². The van der Waals surface area contributed by atoms with Crippen molar-refractivity contribution in [3.8, 4) is 5.69 Å². The van der Waals surface area contributed by atoms with Gasteiger partial charge in [-0.15, -0.1) is 11.3 Å². The minimum Gasteiger partial charge on any atom is -0.319 e. The maximum absolute atomic E-state index is 13.1. The van der Waals surface area contributed by atoms with Crippen LogP contribution in [0.2, 0.25) is 0 Å². The summed E-state index contributed by atoms with van der Waals surface area (Å²) in [6.45, 7) is 2.93. The monoisotopic (exact) mass is 461 g/mol. The molecule has 7 nitrogen and oxygen atoms in total.